The van der Waals surface area contributed by atoms with E-state index in [4.69, 9.17) is 9.15 Å². The van der Waals surface area contributed by atoms with Crippen molar-refractivity contribution in [3.8, 4) is 11.5 Å². The Hall–Kier alpha value is -3.68. The second kappa shape index (κ2) is 8.36. The van der Waals surface area contributed by atoms with Crippen molar-refractivity contribution in [3.05, 3.63) is 53.8 Å². The molecule has 3 aromatic rings. The number of esters is 1. The molecule has 0 fully saturated rings. The van der Waals surface area contributed by atoms with Crippen LogP contribution in [0.5, 0.6) is 0 Å². The van der Waals surface area contributed by atoms with Crippen LogP contribution in [0.3, 0.4) is 0 Å². The molecule has 2 aromatic heterocycles. The standard InChI is InChI=1S/C22H23N3O5/c1-13-9-10-18(30-13)17-11-15(14-7-5-6-8-16(14)23-17)20(27)29-12-19(26)24-21(28)25-22(2,3)4/h5-11H,12H2,1-4H3,(H2,24,25,26,28). The number of fused-ring (bicyclic) bond motifs is 1. The number of benzene rings is 1. The molecule has 0 radical (unpaired) electrons. The average molecular weight is 409 g/mol. The normalized spacial score (nSPS) is 11.2. The fourth-order valence-corrected chi connectivity index (χ4v) is 2.79. The average Bonchev–Trinajstić information content (AvgIpc) is 3.10. The minimum Gasteiger partial charge on any atom is -0.460 e. The van der Waals surface area contributed by atoms with Gasteiger partial charge in [0, 0.05) is 10.9 Å². The third-order valence-corrected chi connectivity index (χ3v) is 4.00. The Kier molecular flexibility index (Phi) is 5.86. The summed E-state index contributed by atoms with van der Waals surface area (Å²) >= 11 is 0. The van der Waals surface area contributed by atoms with Crippen LogP contribution in [0.4, 0.5) is 4.79 Å². The molecule has 0 saturated carbocycles. The summed E-state index contributed by atoms with van der Waals surface area (Å²) < 4.78 is 10.7. The third kappa shape index (κ3) is 5.22. The van der Waals surface area contributed by atoms with E-state index >= 15 is 0 Å². The number of urea groups is 1. The summed E-state index contributed by atoms with van der Waals surface area (Å²) in [7, 11) is 0. The number of hydrogen-bond acceptors (Lipinski definition) is 6. The molecule has 2 N–H and O–H groups in total. The van der Waals surface area contributed by atoms with Crippen LogP contribution in [0.1, 0.15) is 36.9 Å². The van der Waals surface area contributed by atoms with Crippen LogP contribution in [0.2, 0.25) is 0 Å². The Labute approximate surface area is 173 Å². The van der Waals surface area contributed by atoms with Crippen LogP contribution in [0, 0.1) is 6.92 Å². The van der Waals surface area contributed by atoms with E-state index in [0.717, 1.165) is 0 Å². The van der Waals surface area contributed by atoms with Gasteiger partial charge in [0.15, 0.2) is 12.4 Å². The lowest BCUT2D eigenvalue weighted by atomic mass is 10.1. The van der Waals surface area contributed by atoms with Crippen molar-refractivity contribution in [3.63, 3.8) is 0 Å². The second-order valence-electron chi connectivity index (χ2n) is 7.81. The molecule has 3 rings (SSSR count). The number of ether oxygens (including phenoxy) is 1. The summed E-state index contributed by atoms with van der Waals surface area (Å²) in [5.74, 6) is -0.201. The number of furan rings is 1. The molecule has 0 unspecified atom stereocenters. The molecule has 8 heteroatoms. The molecule has 0 bridgehead atoms. The molecule has 0 atom stereocenters. The molecule has 0 aliphatic heterocycles. The Morgan fingerprint density at radius 1 is 1.10 bits per heavy atom. The van der Waals surface area contributed by atoms with Gasteiger partial charge < -0.3 is 14.5 Å². The van der Waals surface area contributed by atoms with E-state index in [9.17, 15) is 14.4 Å². The maximum atomic E-state index is 12.7. The van der Waals surface area contributed by atoms with Crippen molar-refractivity contribution in [1.82, 2.24) is 15.6 Å². The third-order valence-electron chi connectivity index (χ3n) is 4.00. The summed E-state index contributed by atoms with van der Waals surface area (Å²) in [6.07, 6.45) is 0. The minimum absolute atomic E-state index is 0.247. The Morgan fingerprint density at radius 2 is 1.83 bits per heavy atom. The Bertz CT molecular complexity index is 1110. The van der Waals surface area contributed by atoms with Gasteiger partial charge >= 0.3 is 12.0 Å². The number of pyridine rings is 1. The summed E-state index contributed by atoms with van der Waals surface area (Å²) in [5.41, 5.74) is 0.807. The molecule has 0 aliphatic rings. The van der Waals surface area contributed by atoms with Gasteiger partial charge in [-0.15, -0.1) is 0 Å². The number of hydrogen-bond donors (Lipinski definition) is 2. The van der Waals surface area contributed by atoms with Gasteiger partial charge in [0.25, 0.3) is 5.91 Å². The molecule has 8 nitrogen and oxygen atoms in total. The molecule has 0 aliphatic carbocycles. The van der Waals surface area contributed by atoms with Gasteiger partial charge in [-0.25, -0.2) is 14.6 Å². The first kappa shape index (κ1) is 21.0. The fourth-order valence-electron chi connectivity index (χ4n) is 2.79. The molecule has 2 heterocycles. The van der Waals surface area contributed by atoms with Gasteiger partial charge in [0.05, 0.1) is 11.1 Å². The highest BCUT2D eigenvalue weighted by atomic mass is 16.5. The number of carbonyl (C=O) groups is 3. The number of nitrogens with zero attached hydrogens (tertiary/aromatic N) is 1. The number of imide groups is 1. The fraction of sp³-hybridized carbons (Fsp3) is 0.273. The molecule has 1 aromatic carbocycles. The molecule has 0 spiro atoms. The van der Waals surface area contributed by atoms with Gasteiger partial charge in [-0.2, -0.15) is 0 Å². The highest BCUT2D eigenvalue weighted by Crippen LogP contribution is 2.26. The van der Waals surface area contributed by atoms with Crippen molar-refractivity contribution < 1.29 is 23.5 Å². The first-order valence-corrected chi connectivity index (χ1v) is 9.38. The largest absolute Gasteiger partial charge is 0.460 e. The van der Waals surface area contributed by atoms with Crippen molar-refractivity contribution in [2.45, 2.75) is 33.2 Å². The van der Waals surface area contributed by atoms with E-state index in [0.29, 0.717) is 28.1 Å². The zero-order valence-corrected chi connectivity index (χ0v) is 17.2. The predicted molar refractivity (Wildman–Crippen MR) is 111 cm³/mol. The summed E-state index contributed by atoms with van der Waals surface area (Å²) in [6.45, 7) is 6.56. The van der Waals surface area contributed by atoms with Crippen LogP contribution >= 0.6 is 0 Å². The first-order valence-electron chi connectivity index (χ1n) is 9.38. The highest BCUT2D eigenvalue weighted by molar-refractivity contribution is 6.05. The molecule has 3 amide bonds. The van der Waals surface area contributed by atoms with E-state index in [1.165, 1.54) is 0 Å². The summed E-state index contributed by atoms with van der Waals surface area (Å²) in [5, 5.41) is 5.30. The van der Waals surface area contributed by atoms with E-state index < -0.39 is 30.1 Å². The second-order valence-corrected chi connectivity index (χ2v) is 7.81. The van der Waals surface area contributed by atoms with Crippen LogP contribution in [-0.2, 0) is 9.53 Å². The van der Waals surface area contributed by atoms with Gasteiger partial charge in [-0.3, -0.25) is 10.1 Å². The van der Waals surface area contributed by atoms with Crippen molar-refractivity contribution in [2.24, 2.45) is 0 Å². The molecule has 0 saturated heterocycles. The van der Waals surface area contributed by atoms with Crippen molar-refractivity contribution in [2.75, 3.05) is 6.61 Å². The summed E-state index contributed by atoms with van der Waals surface area (Å²) in [4.78, 5) is 41.0. The van der Waals surface area contributed by atoms with Crippen LogP contribution < -0.4 is 10.6 Å². The zero-order valence-electron chi connectivity index (χ0n) is 17.2. The topological polar surface area (TPSA) is 111 Å². The molecular formula is C22H23N3O5. The van der Waals surface area contributed by atoms with E-state index in [2.05, 4.69) is 15.6 Å². The summed E-state index contributed by atoms with van der Waals surface area (Å²) in [6, 6.07) is 11.6. The molecule has 156 valence electrons. The number of carbonyl (C=O) groups excluding carboxylic acids is 3. The lowest BCUT2D eigenvalue weighted by Crippen LogP contribution is -2.49. The Balaban J connectivity index is 1.77. The quantitative estimate of drug-likeness (QED) is 0.637. The number of amides is 3. The maximum absolute atomic E-state index is 12.7. The van der Waals surface area contributed by atoms with E-state index in [-0.39, 0.29) is 5.56 Å². The maximum Gasteiger partial charge on any atom is 0.339 e. The van der Waals surface area contributed by atoms with Gasteiger partial charge in [0.1, 0.15) is 11.5 Å². The number of para-hydroxylation sites is 1. The van der Waals surface area contributed by atoms with Gasteiger partial charge in [-0.05, 0) is 52.0 Å². The van der Waals surface area contributed by atoms with Crippen molar-refractivity contribution >= 4 is 28.8 Å². The minimum atomic E-state index is -0.731. The lowest BCUT2D eigenvalue weighted by Gasteiger charge is -2.20. The van der Waals surface area contributed by atoms with Crippen molar-refractivity contribution in [1.29, 1.82) is 0 Å². The Morgan fingerprint density at radius 3 is 2.50 bits per heavy atom. The smallest absolute Gasteiger partial charge is 0.339 e. The number of aryl methyl sites for hydroxylation is 1. The number of rotatable bonds is 4. The SMILES string of the molecule is Cc1ccc(-c2cc(C(=O)OCC(=O)NC(=O)NC(C)(C)C)c3ccccc3n2)o1. The van der Waals surface area contributed by atoms with E-state index in [1.54, 1.807) is 57.2 Å². The van der Waals surface area contributed by atoms with Crippen LogP contribution in [0.15, 0.2) is 46.9 Å². The zero-order chi connectivity index (χ0) is 21.9. The van der Waals surface area contributed by atoms with Gasteiger partial charge in [0.2, 0.25) is 0 Å². The molecular weight excluding hydrogens is 386 g/mol. The van der Waals surface area contributed by atoms with E-state index in [1.807, 2.05) is 13.0 Å². The van der Waals surface area contributed by atoms with Crippen LogP contribution in [0.25, 0.3) is 22.4 Å². The molecule has 30 heavy (non-hydrogen) atoms. The number of aromatic nitrogens is 1. The number of nitrogens with one attached hydrogen (secondary N) is 2. The monoisotopic (exact) mass is 409 g/mol. The van der Waals surface area contributed by atoms with Crippen LogP contribution in [-0.4, -0.2) is 35.0 Å². The predicted octanol–water partition coefficient (Wildman–Crippen LogP) is 3.58. The lowest BCUT2D eigenvalue weighted by molar-refractivity contribution is -0.123. The first-order chi connectivity index (χ1) is 14.1. The van der Waals surface area contributed by atoms with Gasteiger partial charge in [-0.1, -0.05) is 18.2 Å². The highest BCUT2D eigenvalue weighted by Gasteiger charge is 2.19.